The largest absolute Gasteiger partial charge is 0.326 e. The Kier molecular flexibility index (Phi) is 4.24. The number of rotatable bonds is 4. The monoisotopic (exact) mass is 320 g/mol. The highest BCUT2D eigenvalue weighted by Crippen LogP contribution is 2.36. The molecule has 0 aliphatic rings. The van der Waals surface area contributed by atoms with Crippen LogP contribution in [0.3, 0.4) is 0 Å². The molecule has 0 bridgehead atoms. The van der Waals surface area contributed by atoms with Gasteiger partial charge in [0.25, 0.3) is 5.69 Å². The standard InChI is InChI=1S/C19H16N2O3/c1-2-18(22)20-17-11-10-13-6-3-4-9-16(13)19(17)14-7-5-8-15(12-14)21(23)24/h3-12H,2H2,1H3,(H,20,22). The number of carbonyl (C=O) groups excluding carboxylic acids is 1. The molecule has 0 heterocycles. The van der Waals surface area contributed by atoms with Crippen molar-refractivity contribution in [3.63, 3.8) is 0 Å². The number of anilines is 1. The van der Waals surface area contributed by atoms with Crippen molar-refractivity contribution < 1.29 is 9.72 Å². The lowest BCUT2D eigenvalue weighted by Crippen LogP contribution is -2.10. The van der Waals surface area contributed by atoms with Crippen LogP contribution in [-0.2, 0) is 4.79 Å². The van der Waals surface area contributed by atoms with E-state index >= 15 is 0 Å². The molecule has 0 aliphatic carbocycles. The summed E-state index contributed by atoms with van der Waals surface area (Å²) in [7, 11) is 0. The van der Waals surface area contributed by atoms with Crippen LogP contribution >= 0.6 is 0 Å². The lowest BCUT2D eigenvalue weighted by Gasteiger charge is -2.14. The smallest absolute Gasteiger partial charge is 0.270 e. The number of carbonyl (C=O) groups is 1. The van der Waals surface area contributed by atoms with Gasteiger partial charge in [0.15, 0.2) is 0 Å². The minimum atomic E-state index is -0.418. The van der Waals surface area contributed by atoms with Gasteiger partial charge in [-0.25, -0.2) is 0 Å². The molecular formula is C19H16N2O3. The van der Waals surface area contributed by atoms with Crippen molar-refractivity contribution in [2.45, 2.75) is 13.3 Å². The topological polar surface area (TPSA) is 72.2 Å². The highest BCUT2D eigenvalue weighted by molar-refractivity contribution is 6.06. The molecular weight excluding hydrogens is 304 g/mol. The van der Waals surface area contributed by atoms with E-state index in [2.05, 4.69) is 5.32 Å². The molecule has 5 heteroatoms. The predicted octanol–water partition coefficient (Wildman–Crippen LogP) is 4.76. The van der Waals surface area contributed by atoms with Crippen molar-refractivity contribution in [2.24, 2.45) is 0 Å². The number of fused-ring (bicyclic) bond motifs is 1. The lowest BCUT2D eigenvalue weighted by atomic mass is 9.96. The van der Waals surface area contributed by atoms with Gasteiger partial charge in [-0.15, -0.1) is 0 Å². The molecule has 0 atom stereocenters. The van der Waals surface area contributed by atoms with Gasteiger partial charge in [-0.1, -0.05) is 49.4 Å². The second-order valence-electron chi connectivity index (χ2n) is 5.42. The fourth-order valence-corrected chi connectivity index (χ4v) is 2.70. The van der Waals surface area contributed by atoms with Gasteiger partial charge in [0.1, 0.15) is 0 Å². The SMILES string of the molecule is CCC(=O)Nc1ccc2ccccc2c1-c1cccc([N+](=O)[O-])c1. The number of hydrogen-bond acceptors (Lipinski definition) is 3. The van der Waals surface area contributed by atoms with Gasteiger partial charge in [0, 0.05) is 29.8 Å². The molecule has 0 saturated carbocycles. The third-order valence-electron chi connectivity index (χ3n) is 3.87. The van der Waals surface area contributed by atoms with Crippen LogP contribution < -0.4 is 5.32 Å². The number of amides is 1. The Morgan fingerprint density at radius 3 is 2.62 bits per heavy atom. The maximum atomic E-state index is 11.9. The summed E-state index contributed by atoms with van der Waals surface area (Å²) in [4.78, 5) is 22.5. The Morgan fingerprint density at radius 1 is 1.08 bits per heavy atom. The molecule has 0 saturated heterocycles. The molecule has 5 nitrogen and oxygen atoms in total. The minimum Gasteiger partial charge on any atom is -0.326 e. The highest BCUT2D eigenvalue weighted by atomic mass is 16.6. The molecule has 0 fully saturated rings. The van der Waals surface area contributed by atoms with Crippen LogP contribution in [0.2, 0.25) is 0 Å². The van der Waals surface area contributed by atoms with Gasteiger partial charge >= 0.3 is 0 Å². The van der Waals surface area contributed by atoms with Gasteiger partial charge in [0.2, 0.25) is 5.91 Å². The van der Waals surface area contributed by atoms with Crippen molar-refractivity contribution >= 4 is 28.1 Å². The normalized spacial score (nSPS) is 10.5. The third kappa shape index (κ3) is 2.96. The van der Waals surface area contributed by atoms with E-state index in [4.69, 9.17) is 0 Å². The second kappa shape index (κ2) is 6.50. The number of nitrogens with zero attached hydrogens (tertiary/aromatic N) is 1. The first kappa shape index (κ1) is 15.7. The summed E-state index contributed by atoms with van der Waals surface area (Å²) in [6, 6.07) is 18.0. The fraction of sp³-hybridized carbons (Fsp3) is 0.105. The van der Waals surface area contributed by atoms with E-state index < -0.39 is 4.92 Å². The van der Waals surface area contributed by atoms with Gasteiger partial charge in [0.05, 0.1) is 4.92 Å². The number of non-ortho nitro benzene ring substituents is 1. The van der Waals surface area contributed by atoms with Crippen molar-refractivity contribution in [3.05, 3.63) is 70.8 Å². The molecule has 120 valence electrons. The molecule has 3 aromatic rings. The summed E-state index contributed by atoms with van der Waals surface area (Å²) >= 11 is 0. The summed E-state index contributed by atoms with van der Waals surface area (Å²) in [6.07, 6.45) is 0.362. The van der Waals surface area contributed by atoms with E-state index in [-0.39, 0.29) is 11.6 Å². The molecule has 0 unspecified atom stereocenters. The van der Waals surface area contributed by atoms with Crippen LogP contribution in [0.4, 0.5) is 11.4 Å². The maximum absolute atomic E-state index is 11.9. The first-order chi connectivity index (χ1) is 11.6. The summed E-state index contributed by atoms with van der Waals surface area (Å²) in [6.45, 7) is 1.78. The minimum absolute atomic E-state index is 0.0215. The summed E-state index contributed by atoms with van der Waals surface area (Å²) < 4.78 is 0. The number of nitro groups is 1. The quantitative estimate of drug-likeness (QED) is 0.556. The molecule has 1 N–H and O–H groups in total. The Hall–Kier alpha value is -3.21. The Bertz CT molecular complexity index is 935. The zero-order chi connectivity index (χ0) is 17.1. The van der Waals surface area contributed by atoms with Crippen molar-refractivity contribution in [1.29, 1.82) is 0 Å². The highest BCUT2D eigenvalue weighted by Gasteiger charge is 2.14. The van der Waals surface area contributed by atoms with E-state index in [1.165, 1.54) is 12.1 Å². The third-order valence-corrected chi connectivity index (χ3v) is 3.87. The van der Waals surface area contributed by atoms with Crippen LogP contribution in [0.15, 0.2) is 60.7 Å². The first-order valence-corrected chi connectivity index (χ1v) is 7.66. The summed E-state index contributed by atoms with van der Waals surface area (Å²) in [5.74, 6) is -0.100. The zero-order valence-electron chi connectivity index (χ0n) is 13.2. The molecule has 0 aromatic heterocycles. The van der Waals surface area contributed by atoms with E-state index in [9.17, 15) is 14.9 Å². The van der Waals surface area contributed by atoms with Gasteiger partial charge in [-0.2, -0.15) is 0 Å². The average molecular weight is 320 g/mol. The van der Waals surface area contributed by atoms with E-state index in [1.807, 2.05) is 42.5 Å². The van der Waals surface area contributed by atoms with E-state index in [0.29, 0.717) is 17.7 Å². The van der Waals surface area contributed by atoms with E-state index in [1.54, 1.807) is 13.0 Å². The summed E-state index contributed by atoms with van der Waals surface area (Å²) in [5.41, 5.74) is 2.17. The Morgan fingerprint density at radius 2 is 1.88 bits per heavy atom. The number of nitro benzene ring substituents is 1. The van der Waals surface area contributed by atoms with Crippen molar-refractivity contribution in [1.82, 2.24) is 0 Å². The lowest BCUT2D eigenvalue weighted by molar-refractivity contribution is -0.384. The molecule has 3 rings (SSSR count). The predicted molar refractivity (Wildman–Crippen MR) is 95.0 cm³/mol. The van der Waals surface area contributed by atoms with Gasteiger partial charge < -0.3 is 5.32 Å². The summed E-state index contributed by atoms with van der Waals surface area (Å²) in [5, 5.41) is 15.9. The molecule has 3 aromatic carbocycles. The Balaban J connectivity index is 2.26. The molecule has 0 spiro atoms. The van der Waals surface area contributed by atoms with Crippen molar-refractivity contribution in [3.8, 4) is 11.1 Å². The first-order valence-electron chi connectivity index (χ1n) is 7.66. The fourth-order valence-electron chi connectivity index (χ4n) is 2.70. The van der Waals surface area contributed by atoms with Crippen LogP contribution in [0, 0.1) is 10.1 Å². The molecule has 0 aliphatic heterocycles. The zero-order valence-corrected chi connectivity index (χ0v) is 13.2. The van der Waals surface area contributed by atoms with Crippen LogP contribution in [0.1, 0.15) is 13.3 Å². The molecule has 24 heavy (non-hydrogen) atoms. The van der Waals surface area contributed by atoms with Crippen LogP contribution in [-0.4, -0.2) is 10.8 Å². The van der Waals surface area contributed by atoms with E-state index in [0.717, 1.165) is 16.3 Å². The van der Waals surface area contributed by atoms with Gasteiger partial charge in [-0.3, -0.25) is 14.9 Å². The number of benzene rings is 3. The number of hydrogen-bond donors (Lipinski definition) is 1. The second-order valence-corrected chi connectivity index (χ2v) is 5.42. The molecule has 0 radical (unpaired) electrons. The van der Waals surface area contributed by atoms with Crippen molar-refractivity contribution in [2.75, 3.05) is 5.32 Å². The Labute approximate surface area is 139 Å². The van der Waals surface area contributed by atoms with Crippen LogP contribution in [0.25, 0.3) is 21.9 Å². The average Bonchev–Trinajstić information content (AvgIpc) is 2.61. The van der Waals surface area contributed by atoms with Gasteiger partial charge in [-0.05, 0) is 22.4 Å². The number of nitrogens with one attached hydrogen (secondary N) is 1. The maximum Gasteiger partial charge on any atom is 0.270 e. The molecule has 1 amide bonds. The van der Waals surface area contributed by atoms with Crippen LogP contribution in [0.5, 0.6) is 0 Å².